The smallest absolute Gasteiger partial charge is 0.266 e. The number of aromatic amines is 1. The van der Waals surface area contributed by atoms with Gasteiger partial charge in [0.25, 0.3) is 11.8 Å². The number of thiophene rings is 1. The number of nitrogens with zero attached hydrogens (tertiary/aromatic N) is 2. The molecule has 1 fully saturated rings. The van der Waals surface area contributed by atoms with Gasteiger partial charge in [-0.1, -0.05) is 30.3 Å². The maximum absolute atomic E-state index is 13.0. The molecule has 0 bridgehead atoms. The molecule has 1 saturated heterocycles. The Morgan fingerprint density at radius 2 is 2.03 bits per heavy atom. The minimum Gasteiger partial charge on any atom is -0.391 e. The number of carbonyl (C=O) groups is 2. The lowest BCUT2D eigenvalue weighted by atomic mass is 10.1. The van der Waals surface area contributed by atoms with Gasteiger partial charge in [0.05, 0.1) is 22.2 Å². The number of H-pyrrole nitrogens is 1. The summed E-state index contributed by atoms with van der Waals surface area (Å²) in [5.41, 5.74) is 4.40. The molecule has 3 N–H and O–H groups in total. The minimum absolute atomic E-state index is 0. The third-order valence-corrected chi connectivity index (χ3v) is 7.00. The third kappa shape index (κ3) is 5.14. The number of aliphatic hydroxyl groups is 1. The minimum atomic E-state index is -0.490. The number of aryl methyl sites for hydroxylation is 1. The lowest BCUT2D eigenvalue weighted by Gasteiger charge is -2.17. The summed E-state index contributed by atoms with van der Waals surface area (Å²) < 4.78 is 0. The maximum Gasteiger partial charge on any atom is 0.266 e. The second-order valence-corrected chi connectivity index (χ2v) is 9.29. The van der Waals surface area contributed by atoms with Crippen molar-refractivity contribution in [2.45, 2.75) is 19.4 Å². The van der Waals surface area contributed by atoms with Crippen LogP contribution in [0.1, 0.15) is 43.3 Å². The van der Waals surface area contributed by atoms with Crippen molar-refractivity contribution in [3.8, 4) is 0 Å². The molecule has 180 valence electrons. The number of fused-ring (bicyclic) bond motifs is 1. The number of benzene rings is 2. The number of β-amino-alcohol motifs (C(OH)–C–C–N with tert-alkyl or cyclic N) is 1. The Hall–Kier alpha value is -3.46. The number of likely N-dealkylation sites (tertiary alicyclic amines) is 1. The average Bonchev–Trinajstić information content (AvgIpc) is 3.57. The Balaban J connectivity index is 0.00000289. The molecule has 0 spiro atoms. The van der Waals surface area contributed by atoms with Crippen molar-refractivity contribution in [2.75, 3.05) is 18.4 Å². The molecule has 1 aliphatic heterocycles. The topological polar surface area (TPSA) is 98.3 Å². The number of aromatic nitrogens is 2. The third-order valence-electron chi connectivity index (χ3n) is 5.99. The van der Waals surface area contributed by atoms with E-state index in [2.05, 4.69) is 15.5 Å². The Morgan fingerprint density at radius 3 is 2.77 bits per heavy atom. The maximum atomic E-state index is 13.0. The number of anilines is 1. The van der Waals surface area contributed by atoms with E-state index in [1.165, 1.54) is 11.3 Å². The Morgan fingerprint density at radius 1 is 1.20 bits per heavy atom. The molecular weight excluding hydrogens is 484 g/mol. The van der Waals surface area contributed by atoms with E-state index in [1.807, 2.05) is 60.9 Å². The van der Waals surface area contributed by atoms with Crippen molar-refractivity contribution in [3.63, 3.8) is 0 Å². The number of carbonyl (C=O) groups excluding carboxylic acids is 2. The van der Waals surface area contributed by atoms with Crippen molar-refractivity contribution in [2.24, 2.45) is 0 Å². The summed E-state index contributed by atoms with van der Waals surface area (Å²) in [6.07, 6.45) is 3.85. The van der Waals surface area contributed by atoms with E-state index in [1.54, 1.807) is 17.0 Å². The van der Waals surface area contributed by atoms with Gasteiger partial charge in [0, 0.05) is 29.7 Å². The summed E-state index contributed by atoms with van der Waals surface area (Å²) in [6, 6.07) is 15.0. The fourth-order valence-corrected chi connectivity index (χ4v) is 4.94. The van der Waals surface area contributed by atoms with Crippen LogP contribution >= 0.6 is 23.7 Å². The highest BCUT2D eigenvalue weighted by Crippen LogP contribution is 2.26. The standard InChI is InChI=1S/C26H24N4O3S.ClH/c1-16-11-13-34-24(16)25(32)27-23-14-18(26(33)30-12-10-19(31)15-30)7-6-17(23)8-9-22-20-4-2-3-5-21(20)28-29-22;/h2-9,11,13-14,19,31H,10,12,15H2,1H3,(H,27,32)(H,28,29);1H/b9-8+;/t19-;/m1./s1. The van der Waals surface area contributed by atoms with Crippen molar-refractivity contribution in [1.82, 2.24) is 15.1 Å². The lowest BCUT2D eigenvalue weighted by molar-refractivity contribution is 0.0764. The Bertz CT molecular complexity index is 1410. The Labute approximate surface area is 212 Å². The summed E-state index contributed by atoms with van der Waals surface area (Å²) in [5, 5.41) is 23.1. The monoisotopic (exact) mass is 508 g/mol. The van der Waals surface area contributed by atoms with Gasteiger partial charge in [0.15, 0.2) is 0 Å². The van der Waals surface area contributed by atoms with Gasteiger partial charge in [-0.15, -0.1) is 23.7 Å². The zero-order valence-electron chi connectivity index (χ0n) is 19.0. The second kappa shape index (κ2) is 10.4. The van der Waals surface area contributed by atoms with Gasteiger partial charge >= 0.3 is 0 Å². The molecule has 1 atom stereocenters. The number of nitrogens with one attached hydrogen (secondary N) is 2. The first-order valence-electron chi connectivity index (χ1n) is 11.1. The van der Waals surface area contributed by atoms with Crippen LogP contribution in [0.2, 0.25) is 0 Å². The van der Waals surface area contributed by atoms with Gasteiger partial charge in [0.1, 0.15) is 0 Å². The summed E-state index contributed by atoms with van der Waals surface area (Å²) >= 11 is 1.38. The molecule has 0 radical (unpaired) electrons. The first-order valence-corrected chi connectivity index (χ1v) is 12.0. The number of hydrogen-bond acceptors (Lipinski definition) is 5. The van der Waals surface area contributed by atoms with E-state index in [0.29, 0.717) is 35.6 Å². The van der Waals surface area contributed by atoms with Crippen LogP contribution in [0.5, 0.6) is 0 Å². The molecule has 1 aliphatic rings. The molecule has 2 aromatic heterocycles. The second-order valence-electron chi connectivity index (χ2n) is 8.37. The van der Waals surface area contributed by atoms with Crippen LogP contribution in [0.3, 0.4) is 0 Å². The summed E-state index contributed by atoms with van der Waals surface area (Å²) in [4.78, 5) is 28.2. The lowest BCUT2D eigenvalue weighted by Crippen LogP contribution is -2.29. The van der Waals surface area contributed by atoms with Crippen LogP contribution in [0, 0.1) is 6.92 Å². The van der Waals surface area contributed by atoms with E-state index in [4.69, 9.17) is 0 Å². The highest BCUT2D eigenvalue weighted by Gasteiger charge is 2.26. The number of amides is 2. The predicted octanol–water partition coefficient (Wildman–Crippen LogP) is 4.98. The molecule has 9 heteroatoms. The molecule has 7 nitrogen and oxygen atoms in total. The molecular formula is C26H25ClN4O3S. The van der Waals surface area contributed by atoms with Gasteiger partial charge in [-0.25, -0.2) is 0 Å². The van der Waals surface area contributed by atoms with E-state index in [-0.39, 0.29) is 24.2 Å². The first-order chi connectivity index (χ1) is 16.5. The zero-order chi connectivity index (χ0) is 23.7. The van der Waals surface area contributed by atoms with Crippen LogP contribution in [0.4, 0.5) is 5.69 Å². The fourth-order valence-electron chi connectivity index (χ4n) is 4.12. The number of rotatable bonds is 5. The molecule has 5 rings (SSSR count). The predicted molar refractivity (Wildman–Crippen MR) is 142 cm³/mol. The SMILES string of the molecule is Cc1ccsc1C(=O)Nc1cc(C(=O)N2CC[C@@H](O)C2)ccc1/C=C/c1n[nH]c2ccccc12.Cl. The van der Waals surface area contributed by atoms with Gasteiger partial charge in [0.2, 0.25) is 0 Å². The normalized spacial score (nSPS) is 15.5. The number of para-hydroxylation sites is 1. The molecule has 0 saturated carbocycles. The molecule has 2 amide bonds. The van der Waals surface area contributed by atoms with Crippen molar-refractivity contribution < 1.29 is 14.7 Å². The summed E-state index contributed by atoms with van der Waals surface area (Å²) in [6.45, 7) is 2.74. The molecule has 3 heterocycles. The number of halogens is 1. The largest absolute Gasteiger partial charge is 0.391 e. The van der Waals surface area contributed by atoms with Gasteiger partial charge < -0.3 is 15.3 Å². The van der Waals surface area contributed by atoms with Crippen molar-refractivity contribution in [1.29, 1.82) is 0 Å². The highest BCUT2D eigenvalue weighted by molar-refractivity contribution is 7.12. The van der Waals surface area contributed by atoms with Crippen molar-refractivity contribution >= 4 is 64.3 Å². The summed E-state index contributed by atoms with van der Waals surface area (Å²) in [5.74, 6) is -0.373. The van der Waals surface area contributed by atoms with Gasteiger partial charge in [-0.2, -0.15) is 5.10 Å². The quantitative estimate of drug-likeness (QED) is 0.354. The van der Waals surface area contributed by atoms with Crippen molar-refractivity contribution in [3.05, 3.63) is 81.2 Å². The average molecular weight is 509 g/mol. The van der Waals surface area contributed by atoms with Crippen LogP contribution < -0.4 is 5.32 Å². The van der Waals surface area contributed by atoms with Crippen LogP contribution in [0.15, 0.2) is 53.9 Å². The van der Waals surface area contributed by atoms with Gasteiger partial charge in [-0.05, 0) is 60.2 Å². The van der Waals surface area contributed by atoms with E-state index >= 15 is 0 Å². The molecule has 35 heavy (non-hydrogen) atoms. The first kappa shape index (κ1) is 24.7. The number of aliphatic hydroxyl groups excluding tert-OH is 1. The highest BCUT2D eigenvalue weighted by atomic mass is 35.5. The fraction of sp³-hybridized carbons (Fsp3) is 0.192. The Kier molecular flexibility index (Phi) is 7.35. The van der Waals surface area contributed by atoms with Crippen LogP contribution in [0.25, 0.3) is 23.1 Å². The van der Waals surface area contributed by atoms with Crippen LogP contribution in [-0.4, -0.2) is 51.2 Å². The number of hydrogen-bond donors (Lipinski definition) is 3. The summed E-state index contributed by atoms with van der Waals surface area (Å²) in [7, 11) is 0. The molecule has 2 aromatic carbocycles. The molecule has 0 aliphatic carbocycles. The zero-order valence-corrected chi connectivity index (χ0v) is 20.7. The van der Waals surface area contributed by atoms with E-state index < -0.39 is 6.10 Å². The van der Waals surface area contributed by atoms with Crippen LogP contribution in [-0.2, 0) is 0 Å². The van der Waals surface area contributed by atoms with Gasteiger partial charge in [-0.3, -0.25) is 14.7 Å². The molecule has 4 aromatic rings. The van der Waals surface area contributed by atoms with E-state index in [0.717, 1.165) is 27.7 Å². The molecule has 0 unspecified atom stereocenters. The van der Waals surface area contributed by atoms with E-state index in [9.17, 15) is 14.7 Å².